The van der Waals surface area contributed by atoms with E-state index in [-0.39, 0.29) is 5.91 Å². The predicted octanol–water partition coefficient (Wildman–Crippen LogP) is 4.26. The number of hydrogen-bond acceptors (Lipinski definition) is 6. The van der Waals surface area contributed by atoms with Crippen LogP contribution in [0.15, 0.2) is 59.5 Å². The van der Waals surface area contributed by atoms with Gasteiger partial charge in [0.1, 0.15) is 5.75 Å². The molecule has 1 amide bonds. The zero-order valence-electron chi connectivity index (χ0n) is 18.8. The number of benzene rings is 2. The molecule has 2 aromatic carbocycles. The van der Waals surface area contributed by atoms with Gasteiger partial charge in [0.05, 0.1) is 29.3 Å². The van der Waals surface area contributed by atoms with E-state index in [0.29, 0.717) is 12.4 Å². The van der Waals surface area contributed by atoms with Gasteiger partial charge in [-0.05, 0) is 56.3 Å². The summed E-state index contributed by atoms with van der Waals surface area (Å²) in [5, 5.41) is 4.10. The number of amides is 1. The summed E-state index contributed by atoms with van der Waals surface area (Å²) < 4.78 is 5.99. The molecule has 172 valence electrons. The van der Waals surface area contributed by atoms with Gasteiger partial charge >= 0.3 is 0 Å². The molecule has 1 fully saturated rings. The van der Waals surface area contributed by atoms with E-state index in [0.717, 1.165) is 73.2 Å². The first kappa shape index (κ1) is 22.2. The van der Waals surface area contributed by atoms with E-state index in [1.807, 2.05) is 18.2 Å². The number of anilines is 1. The van der Waals surface area contributed by atoms with Crippen LogP contribution in [-0.2, 0) is 11.3 Å². The smallest absolute Gasteiger partial charge is 0.234 e. The molecule has 2 aliphatic heterocycles. The van der Waals surface area contributed by atoms with Crippen LogP contribution in [0.5, 0.6) is 5.75 Å². The lowest BCUT2D eigenvalue weighted by molar-refractivity contribution is -0.113. The highest BCUT2D eigenvalue weighted by Crippen LogP contribution is 2.34. The zero-order chi connectivity index (χ0) is 22.5. The Bertz CT molecular complexity index is 1120. The maximum atomic E-state index is 11.5. The van der Waals surface area contributed by atoms with Gasteiger partial charge in [-0.15, -0.1) is 11.8 Å². The van der Waals surface area contributed by atoms with Gasteiger partial charge in [-0.1, -0.05) is 24.3 Å². The van der Waals surface area contributed by atoms with Crippen LogP contribution in [0.1, 0.15) is 18.5 Å². The van der Waals surface area contributed by atoms with Crippen LogP contribution < -0.4 is 10.1 Å². The van der Waals surface area contributed by atoms with Crippen molar-refractivity contribution in [2.75, 3.05) is 50.4 Å². The number of nitrogens with zero attached hydrogens (tertiary/aromatic N) is 3. The quantitative estimate of drug-likeness (QED) is 0.530. The molecule has 1 saturated heterocycles. The SMILES string of the molecule is O=C1CSc2cc(OCCCN3CCCN(Cc4ccc5ccccc5n4)CC3)ccc2N1. The Morgan fingerprint density at radius 2 is 1.88 bits per heavy atom. The van der Waals surface area contributed by atoms with E-state index in [4.69, 9.17) is 9.72 Å². The Kier molecular flexibility index (Phi) is 7.09. The van der Waals surface area contributed by atoms with Crippen molar-refractivity contribution in [3.05, 3.63) is 60.3 Å². The van der Waals surface area contributed by atoms with E-state index in [1.165, 1.54) is 11.8 Å². The van der Waals surface area contributed by atoms with Gasteiger partial charge < -0.3 is 15.0 Å². The van der Waals surface area contributed by atoms with Crippen LogP contribution >= 0.6 is 11.8 Å². The normalized spacial score (nSPS) is 17.4. The summed E-state index contributed by atoms with van der Waals surface area (Å²) in [5.41, 5.74) is 3.11. The molecule has 33 heavy (non-hydrogen) atoms. The largest absolute Gasteiger partial charge is 0.494 e. The molecule has 3 aromatic rings. The third-order valence-electron chi connectivity index (χ3n) is 6.20. The van der Waals surface area contributed by atoms with Gasteiger partial charge in [0.15, 0.2) is 0 Å². The number of thioether (sulfide) groups is 1. The van der Waals surface area contributed by atoms with Crippen LogP contribution in [0, 0.1) is 0 Å². The Balaban J connectivity index is 1.05. The van der Waals surface area contributed by atoms with Gasteiger partial charge in [-0.2, -0.15) is 0 Å². The lowest BCUT2D eigenvalue weighted by Crippen LogP contribution is -2.31. The third kappa shape index (κ3) is 5.85. The van der Waals surface area contributed by atoms with Crippen LogP contribution in [0.3, 0.4) is 0 Å². The number of pyridine rings is 1. The first-order chi connectivity index (χ1) is 16.2. The Morgan fingerprint density at radius 1 is 1.00 bits per heavy atom. The molecule has 0 saturated carbocycles. The second-order valence-electron chi connectivity index (χ2n) is 8.66. The lowest BCUT2D eigenvalue weighted by Gasteiger charge is -2.22. The molecule has 5 rings (SSSR count). The lowest BCUT2D eigenvalue weighted by atomic mass is 10.2. The number of fused-ring (bicyclic) bond motifs is 2. The molecule has 0 aliphatic carbocycles. The molecular formula is C26H30N4O2S. The summed E-state index contributed by atoms with van der Waals surface area (Å²) in [4.78, 5) is 22.5. The van der Waals surface area contributed by atoms with Crippen LogP contribution in [0.25, 0.3) is 10.9 Å². The summed E-state index contributed by atoms with van der Waals surface area (Å²) in [6.07, 6.45) is 2.19. The molecule has 0 atom stereocenters. The summed E-state index contributed by atoms with van der Waals surface area (Å²) >= 11 is 1.57. The first-order valence-corrected chi connectivity index (χ1v) is 12.7. The molecule has 2 aliphatic rings. The van der Waals surface area contributed by atoms with Gasteiger partial charge in [0, 0.05) is 36.5 Å². The summed E-state index contributed by atoms with van der Waals surface area (Å²) in [5.74, 6) is 1.41. The molecule has 7 heteroatoms. The summed E-state index contributed by atoms with van der Waals surface area (Å²) in [6.45, 7) is 7.08. The van der Waals surface area contributed by atoms with Crippen molar-refractivity contribution in [1.29, 1.82) is 0 Å². The second kappa shape index (κ2) is 10.5. The third-order valence-corrected chi connectivity index (χ3v) is 7.25. The summed E-state index contributed by atoms with van der Waals surface area (Å²) in [7, 11) is 0. The Morgan fingerprint density at radius 3 is 2.85 bits per heavy atom. The van der Waals surface area contributed by atoms with E-state index in [1.54, 1.807) is 11.8 Å². The number of rotatable bonds is 7. The van der Waals surface area contributed by atoms with Crippen molar-refractivity contribution in [3.8, 4) is 5.75 Å². The van der Waals surface area contributed by atoms with Gasteiger partial charge in [0.25, 0.3) is 0 Å². The number of aromatic nitrogens is 1. The maximum Gasteiger partial charge on any atom is 0.234 e. The van der Waals surface area contributed by atoms with E-state index < -0.39 is 0 Å². The summed E-state index contributed by atoms with van der Waals surface area (Å²) in [6, 6.07) is 18.6. The maximum absolute atomic E-state index is 11.5. The van der Waals surface area contributed by atoms with Crippen molar-refractivity contribution in [2.24, 2.45) is 0 Å². The van der Waals surface area contributed by atoms with Crippen molar-refractivity contribution in [1.82, 2.24) is 14.8 Å². The minimum absolute atomic E-state index is 0.0608. The van der Waals surface area contributed by atoms with Gasteiger partial charge in [-0.3, -0.25) is 14.7 Å². The average molecular weight is 463 g/mol. The number of ether oxygens (including phenoxy) is 1. The average Bonchev–Trinajstić information content (AvgIpc) is 3.07. The highest BCUT2D eigenvalue weighted by Gasteiger charge is 2.17. The van der Waals surface area contributed by atoms with Crippen molar-refractivity contribution < 1.29 is 9.53 Å². The van der Waals surface area contributed by atoms with E-state index >= 15 is 0 Å². The molecule has 0 unspecified atom stereocenters. The molecule has 3 heterocycles. The van der Waals surface area contributed by atoms with Gasteiger partial charge in [0.2, 0.25) is 5.91 Å². The van der Waals surface area contributed by atoms with E-state index in [9.17, 15) is 4.79 Å². The van der Waals surface area contributed by atoms with Crippen LogP contribution in [0.2, 0.25) is 0 Å². The Hall–Kier alpha value is -2.61. The van der Waals surface area contributed by atoms with Gasteiger partial charge in [-0.25, -0.2) is 0 Å². The number of carbonyl (C=O) groups excluding carboxylic acids is 1. The fourth-order valence-electron chi connectivity index (χ4n) is 4.45. The van der Waals surface area contributed by atoms with Crippen molar-refractivity contribution in [2.45, 2.75) is 24.3 Å². The molecule has 1 N–H and O–H groups in total. The molecule has 1 aromatic heterocycles. The van der Waals surface area contributed by atoms with Crippen molar-refractivity contribution >= 4 is 34.3 Å². The molecular weight excluding hydrogens is 432 g/mol. The second-order valence-corrected chi connectivity index (χ2v) is 9.68. The highest BCUT2D eigenvalue weighted by molar-refractivity contribution is 8.00. The number of hydrogen-bond donors (Lipinski definition) is 1. The minimum Gasteiger partial charge on any atom is -0.494 e. The van der Waals surface area contributed by atoms with Crippen molar-refractivity contribution in [3.63, 3.8) is 0 Å². The molecule has 6 nitrogen and oxygen atoms in total. The Labute approximate surface area is 199 Å². The van der Waals surface area contributed by atoms with Crippen LogP contribution in [0.4, 0.5) is 5.69 Å². The minimum atomic E-state index is 0.0608. The zero-order valence-corrected chi connectivity index (χ0v) is 19.7. The standard InChI is InChI=1S/C26H30N4O2S/c31-26-19-33-25-17-22(9-10-24(25)28-26)32-16-4-13-29-11-3-12-30(15-14-29)18-21-8-7-20-5-1-2-6-23(20)27-21/h1-2,5-10,17H,3-4,11-16,18-19H2,(H,28,31). The first-order valence-electron chi connectivity index (χ1n) is 11.7. The van der Waals surface area contributed by atoms with E-state index in [2.05, 4.69) is 51.5 Å². The molecule has 0 bridgehead atoms. The number of carbonyl (C=O) groups is 1. The topological polar surface area (TPSA) is 57.7 Å². The monoisotopic (exact) mass is 462 g/mol. The number of nitrogens with one attached hydrogen (secondary N) is 1. The number of para-hydroxylation sites is 1. The predicted molar refractivity (Wildman–Crippen MR) is 134 cm³/mol. The van der Waals surface area contributed by atoms with Crippen LogP contribution in [-0.4, -0.2) is 65.8 Å². The molecule has 0 spiro atoms. The highest BCUT2D eigenvalue weighted by atomic mass is 32.2. The molecule has 0 radical (unpaired) electrons. The fourth-order valence-corrected chi connectivity index (χ4v) is 5.29. The fraction of sp³-hybridized carbons (Fsp3) is 0.385.